The Bertz CT molecular complexity index is 1220. The van der Waals surface area contributed by atoms with Crippen molar-refractivity contribution in [2.45, 2.75) is 25.2 Å². The van der Waals surface area contributed by atoms with Gasteiger partial charge in [0.1, 0.15) is 30.0 Å². The molecule has 1 saturated heterocycles. The summed E-state index contributed by atoms with van der Waals surface area (Å²) in [5, 5.41) is 1.58. The van der Waals surface area contributed by atoms with Crippen LogP contribution in [0.4, 0.5) is 5.82 Å². The molecular formula is C20H19N5O3. The number of nitrogen functional groups attached to an aromatic ring is 1. The second kappa shape index (κ2) is 6.65. The number of fused-ring (bicyclic) bond motifs is 2. The monoisotopic (exact) mass is 377 g/mol. The number of nitrogens with one attached hydrogen (secondary N) is 1. The molecular weight excluding hydrogens is 358 g/mol. The standard InChI is InChI=1S/C20H19N5O3/c21-17-5-2-12-1-3-13(9-16(12)24-17)27-10-14-4-6-18(28-14)25-8-7-15-19(25)22-11-23-20(15)26/h1-3,5,7-9,11,14,18H,4,6,10H2,(H2,21,24)(H,22,23,26). The van der Waals surface area contributed by atoms with E-state index in [2.05, 4.69) is 15.0 Å². The number of H-pyrrole nitrogens is 1. The maximum Gasteiger partial charge on any atom is 0.260 e. The summed E-state index contributed by atoms with van der Waals surface area (Å²) in [5.74, 6) is 1.22. The molecule has 0 bridgehead atoms. The number of aromatic amines is 1. The van der Waals surface area contributed by atoms with Gasteiger partial charge in [-0.3, -0.25) is 4.79 Å². The van der Waals surface area contributed by atoms with Crippen LogP contribution >= 0.6 is 0 Å². The Balaban J connectivity index is 1.28. The normalized spacial score (nSPS) is 19.4. The van der Waals surface area contributed by atoms with Gasteiger partial charge >= 0.3 is 0 Å². The SMILES string of the molecule is Nc1ccc2ccc(OCC3CCC(n4ccc5c(=O)[nH]cnc54)O3)cc2n1. The van der Waals surface area contributed by atoms with Gasteiger partial charge in [0.2, 0.25) is 0 Å². The molecule has 8 nitrogen and oxygen atoms in total. The number of anilines is 1. The van der Waals surface area contributed by atoms with Gasteiger partial charge in [0.25, 0.3) is 5.56 Å². The fraction of sp³-hybridized carbons (Fsp3) is 0.250. The first-order chi connectivity index (χ1) is 13.7. The molecule has 28 heavy (non-hydrogen) atoms. The molecule has 8 heteroatoms. The molecule has 4 aromatic rings. The summed E-state index contributed by atoms with van der Waals surface area (Å²) in [7, 11) is 0. The Hall–Kier alpha value is -3.39. The van der Waals surface area contributed by atoms with Crippen LogP contribution in [0.3, 0.4) is 0 Å². The molecule has 0 amide bonds. The summed E-state index contributed by atoms with van der Waals surface area (Å²) in [6.45, 7) is 0.442. The Morgan fingerprint density at radius 2 is 2.14 bits per heavy atom. The van der Waals surface area contributed by atoms with Gasteiger partial charge in [-0.1, -0.05) is 0 Å². The van der Waals surface area contributed by atoms with Crippen molar-refractivity contribution < 1.29 is 9.47 Å². The minimum Gasteiger partial charge on any atom is -0.491 e. The van der Waals surface area contributed by atoms with Gasteiger partial charge in [-0.05, 0) is 43.2 Å². The first-order valence-corrected chi connectivity index (χ1v) is 9.16. The average Bonchev–Trinajstić information content (AvgIpc) is 3.33. The van der Waals surface area contributed by atoms with Crippen LogP contribution < -0.4 is 16.0 Å². The van der Waals surface area contributed by atoms with Crippen molar-refractivity contribution in [3.05, 3.63) is 59.3 Å². The third-order valence-corrected chi connectivity index (χ3v) is 5.03. The lowest BCUT2D eigenvalue weighted by Gasteiger charge is -2.16. The Kier molecular flexibility index (Phi) is 3.98. The molecule has 2 atom stereocenters. The summed E-state index contributed by atoms with van der Waals surface area (Å²) < 4.78 is 14.0. The van der Waals surface area contributed by atoms with Crippen LogP contribution in [0.5, 0.6) is 5.75 Å². The van der Waals surface area contributed by atoms with E-state index in [9.17, 15) is 4.79 Å². The molecule has 3 aromatic heterocycles. The van der Waals surface area contributed by atoms with Crippen LogP contribution in [-0.2, 0) is 4.74 Å². The lowest BCUT2D eigenvalue weighted by molar-refractivity contribution is -0.0156. The Morgan fingerprint density at radius 3 is 3.07 bits per heavy atom. The van der Waals surface area contributed by atoms with E-state index in [1.165, 1.54) is 6.33 Å². The zero-order valence-electron chi connectivity index (χ0n) is 15.0. The summed E-state index contributed by atoms with van der Waals surface area (Å²) in [6, 6.07) is 11.2. The lowest BCUT2D eigenvalue weighted by Crippen LogP contribution is -2.18. The van der Waals surface area contributed by atoms with Crippen molar-refractivity contribution in [1.82, 2.24) is 19.5 Å². The third kappa shape index (κ3) is 2.97. The molecule has 142 valence electrons. The number of nitrogens with two attached hydrogens (primary N) is 1. The molecule has 0 radical (unpaired) electrons. The van der Waals surface area contributed by atoms with Gasteiger partial charge in [-0.2, -0.15) is 0 Å². The van der Waals surface area contributed by atoms with Crippen LogP contribution in [0.15, 0.2) is 53.7 Å². The first kappa shape index (κ1) is 16.8. The maximum atomic E-state index is 11.9. The number of hydrogen-bond acceptors (Lipinski definition) is 6. The largest absolute Gasteiger partial charge is 0.491 e. The van der Waals surface area contributed by atoms with E-state index in [1.54, 1.807) is 12.1 Å². The molecule has 0 spiro atoms. The first-order valence-electron chi connectivity index (χ1n) is 9.16. The highest BCUT2D eigenvalue weighted by atomic mass is 16.6. The molecule has 3 N–H and O–H groups in total. The second-order valence-corrected chi connectivity index (χ2v) is 6.88. The van der Waals surface area contributed by atoms with Gasteiger partial charge in [-0.25, -0.2) is 9.97 Å². The van der Waals surface area contributed by atoms with Crippen LogP contribution in [0.25, 0.3) is 21.9 Å². The number of nitrogens with zero attached hydrogens (tertiary/aromatic N) is 3. The molecule has 0 aliphatic carbocycles. The van der Waals surface area contributed by atoms with E-state index in [0.29, 0.717) is 23.5 Å². The topological polar surface area (TPSA) is 108 Å². The number of aromatic nitrogens is 4. The number of hydrogen-bond donors (Lipinski definition) is 2. The quantitative estimate of drug-likeness (QED) is 0.566. The lowest BCUT2D eigenvalue weighted by atomic mass is 10.2. The second-order valence-electron chi connectivity index (χ2n) is 6.88. The summed E-state index contributed by atoms with van der Waals surface area (Å²) in [6.07, 6.45) is 4.78. The fourth-order valence-corrected chi connectivity index (χ4v) is 3.62. The van der Waals surface area contributed by atoms with Crippen LogP contribution in [0.2, 0.25) is 0 Å². The molecule has 2 unspecified atom stereocenters. The van der Waals surface area contributed by atoms with E-state index in [-0.39, 0.29) is 17.9 Å². The van der Waals surface area contributed by atoms with E-state index in [1.807, 2.05) is 35.0 Å². The van der Waals surface area contributed by atoms with E-state index in [4.69, 9.17) is 15.2 Å². The minimum absolute atomic E-state index is 0.0334. The van der Waals surface area contributed by atoms with Gasteiger partial charge in [-0.15, -0.1) is 0 Å². The van der Waals surface area contributed by atoms with E-state index < -0.39 is 0 Å². The van der Waals surface area contributed by atoms with Crippen LogP contribution in [-0.4, -0.2) is 32.2 Å². The fourth-order valence-electron chi connectivity index (χ4n) is 3.62. The molecule has 1 aliphatic rings. The zero-order chi connectivity index (χ0) is 19.1. The van der Waals surface area contributed by atoms with E-state index in [0.717, 1.165) is 29.5 Å². The predicted molar refractivity (Wildman–Crippen MR) is 105 cm³/mol. The third-order valence-electron chi connectivity index (χ3n) is 5.03. The number of benzene rings is 1. The van der Waals surface area contributed by atoms with E-state index >= 15 is 0 Å². The molecule has 1 aliphatic heterocycles. The molecule has 5 rings (SSSR count). The highest BCUT2D eigenvalue weighted by Gasteiger charge is 2.28. The molecule has 4 heterocycles. The Morgan fingerprint density at radius 1 is 1.25 bits per heavy atom. The van der Waals surface area contributed by atoms with Gasteiger partial charge in [0.05, 0.1) is 23.3 Å². The average molecular weight is 377 g/mol. The summed E-state index contributed by atoms with van der Waals surface area (Å²) in [4.78, 5) is 23.1. The van der Waals surface area contributed by atoms with Crippen molar-refractivity contribution >= 4 is 27.8 Å². The van der Waals surface area contributed by atoms with Crippen molar-refractivity contribution in [3.63, 3.8) is 0 Å². The van der Waals surface area contributed by atoms with Crippen LogP contribution in [0, 0.1) is 0 Å². The summed E-state index contributed by atoms with van der Waals surface area (Å²) in [5.41, 5.74) is 7.05. The molecule has 0 saturated carbocycles. The van der Waals surface area contributed by atoms with Gasteiger partial charge < -0.3 is 24.8 Å². The van der Waals surface area contributed by atoms with Crippen molar-refractivity contribution in [1.29, 1.82) is 0 Å². The highest BCUT2D eigenvalue weighted by Crippen LogP contribution is 2.31. The highest BCUT2D eigenvalue weighted by molar-refractivity contribution is 5.81. The Labute approximate surface area is 159 Å². The smallest absolute Gasteiger partial charge is 0.260 e. The van der Waals surface area contributed by atoms with Crippen molar-refractivity contribution in [3.8, 4) is 5.75 Å². The van der Waals surface area contributed by atoms with Crippen molar-refractivity contribution in [2.24, 2.45) is 0 Å². The van der Waals surface area contributed by atoms with Gasteiger partial charge in [0.15, 0.2) is 0 Å². The van der Waals surface area contributed by atoms with Crippen LogP contribution in [0.1, 0.15) is 19.1 Å². The predicted octanol–water partition coefficient (Wildman–Crippen LogP) is 2.61. The molecule has 1 fully saturated rings. The molecule has 1 aromatic carbocycles. The number of rotatable bonds is 4. The van der Waals surface area contributed by atoms with Gasteiger partial charge in [0, 0.05) is 17.6 Å². The number of pyridine rings is 1. The number of ether oxygens (including phenoxy) is 2. The zero-order valence-corrected chi connectivity index (χ0v) is 15.0. The van der Waals surface area contributed by atoms with Crippen molar-refractivity contribution in [2.75, 3.05) is 12.3 Å². The minimum atomic E-state index is -0.154. The maximum absolute atomic E-state index is 11.9. The summed E-state index contributed by atoms with van der Waals surface area (Å²) >= 11 is 0.